The summed E-state index contributed by atoms with van der Waals surface area (Å²) in [6.07, 6.45) is 6.79. The van der Waals surface area contributed by atoms with Crippen LogP contribution in [0, 0.1) is 6.92 Å². The Hall–Kier alpha value is -3.85. The van der Waals surface area contributed by atoms with Crippen molar-refractivity contribution in [3.8, 4) is 10.8 Å². The number of ether oxygens (including phenoxy) is 5. The molecule has 5 heterocycles. The van der Waals surface area contributed by atoms with Gasteiger partial charge in [0, 0.05) is 18.2 Å². The SMILES string of the molecule is COCCOc1ccccc1[C@H](Cn1c(=O)n(C2(C(=O)OC(C)(C)C)CC2)c(=O)c2c(C)c(-n3nccn3)sc21)OC1C[C@H]2CC[C@H](C1)O2. The summed E-state index contributed by atoms with van der Waals surface area (Å²) < 4.78 is 32.9. The van der Waals surface area contributed by atoms with Gasteiger partial charge in [-0.3, -0.25) is 9.36 Å². The molecule has 0 unspecified atom stereocenters. The molecule has 3 aromatic heterocycles. The summed E-state index contributed by atoms with van der Waals surface area (Å²) in [5, 5.41) is 9.56. The molecule has 3 atom stereocenters. The van der Waals surface area contributed by atoms with Crippen LogP contribution < -0.4 is 16.0 Å². The highest BCUT2D eigenvalue weighted by Crippen LogP contribution is 2.45. The fraction of sp³-hybridized carbons (Fsp3) is 0.571. The third kappa shape index (κ3) is 6.46. The van der Waals surface area contributed by atoms with E-state index in [0.29, 0.717) is 52.6 Å². The molecule has 1 aromatic carbocycles. The smallest absolute Gasteiger partial charge is 0.333 e. The predicted octanol–water partition coefficient (Wildman–Crippen LogP) is 4.44. The fourth-order valence-electron chi connectivity index (χ4n) is 7.04. The molecule has 1 aliphatic carbocycles. The second kappa shape index (κ2) is 13.1. The number of benzene rings is 1. The number of fused-ring (bicyclic) bond motifs is 3. The molecule has 2 bridgehead atoms. The van der Waals surface area contributed by atoms with Gasteiger partial charge in [-0.1, -0.05) is 29.5 Å². The molecule has 0 N–H and O–H groups in total. The molecule has 0 spiro atoms. The zero-order valence-corrected chi connectivity index (χ0v) is 29.4. The van der Waals surface area contributed by atoms with Crippen molar-refractivity contribution in [1.82, 2.24) is 24.1 Å². The number of hydrogen-bond acceptors (Lipinski definition) is 11. The van der Waals surface area contributed by atoms with Crippen LogP contribution in [0.5, 0.6) is 5.75 Å². The highest BCUT2D eigenvalue weighted by Gasteiger charge is 2.56. The Bertz CT molecular complexity index is 1940. The molecule has 2 aliphatic heterocycles. The number of thiophene rings is 1. The number of para-hydroxylation sites is 1. The van der Waals surface area contributed by atoms with E-state index < -0.39 is 34.5 Å². The van der Waals surface area contributed by atoms with Crippen molar-refractivity contribution in [2.45, 2.75) is 108 Å². The van der Waals surface area contributed by atoms with Crippen LogP contribution in [0.2, 0.25) is 0 Å². The van der Waals surface area contributed by atoms with Crippen LogP contribution in [0.25, 0.3) is 15.2 Å². The summed E-state index contributed by atoms with van der Waals surface area (Å²) >= 11 is 1.26. The van der Waals surface area contributed by atoms with Gasteiger partial charge in [0.15, 0.2) is 5.54 Å². The summed E-state index contributed by atoms with van der Waals surface area (Å²) in [6.45, 7) is 7.93. The largest absolute Gasteiger partial charge is 0.491 e. The minimum Gasteiger partial charge on any atom is -0.491 e. The second-order valence-electron chi connectivity index (χ2n) is 14.2. The maximum absolute atomic E-state index is 14.8. The fourth-order valence-corrected chi connectivity index (χ4v) is 8.26. The first-order valence-electron chi connectivity index (χ1n) is 16.9. The number of esters is 1. The molecule has 4 aromatic rings. The third-order valence-corrected chi connectivity index (χ3v) is 10.8. The van der Waals surface area contributed by atoms with E-state index in [4.69, 9.17) is 23.7 Å². The lowest BCUT2D eigenvalue weighted by atomic mass is 10.0. The minimum atomic E-state index is -1.40. The number of carbonyl (C=O) groups excluding carboxylic acids is 1. The van der Waals surface area contributed by atoms with Gasteiger partial charge < -0.3 is 23.7 Å². The Balaban J connectivity index is 1.39. The summed E-state index contributed by atoms with van der Waals surface area (Å²) in [5.74, 6) is 0.0303. The molecule has 2 saturated heterocycles. The minimum absolute atomic E-state index is 0.0588. The lowest BCUT2D eigenvalue weighted by Gasteiger charge is -2.33. The molecular formula is C35H43N5O8S. The van der Waals surface area contributed by atoms with Crippen molar-refractivity contribution in [2.24, 2.45) is 0 Å². The van der Waals surface area contributed by atoms with E-state index in [0.717, 1.165) is 35.8 Å². The summed E-state index contributed by atoms with van der Waals surface area (Å²) in [7, 11) is 1.62. The number of nitrogens with zero attached hydrogens (tertiary/aromatic N) is 5. The zero-order chi connectivity index (χ0) is 34.5. The Labute approximate surface area is 287 Å². The second-order valence-corrected chi connectivity index (χ2v) is 15.1. The first kappa shape index (κ1) is 33.6. The molecule has 3 aliphatic rings. The lowest BCUT2D eigenvalue weighted by molar-refractivity contribution is -0.161. The zero-order valence-electron chi connectivity index (χ0n) is 28.5. The number of rotatable bonds is 12. The molecular weight excluding hydrogens is 650 g/mol. The van der Waals surface area contributed by atoms with Crippen LogP contribution in [0.3, 0.4) is 0 Å². The molecule has 0 amide bonds. The van der Waals surface area contributed by atoms with Gasteiger partial charge in [0.05, 0.1) is 49.2 Å². The van der Waals surface area contributed by atoms with Gasteiger partial charge >= 0.3 is 11.7 Å². The van der Waals surface area contributed by atoms with Gasteiger partial charge in [0.1, 0.15) is 33.9 Å². The number of aryl methyl sites for hydroxylation is 1. The maximum atomic E-state index is 14.8. The van der Waals surface area contributed by atoms with E-state index in [2.05, 4.69) is 10.2 Å². The number of aromatic nitrogens is 5. The quantitative estimate of drug-likeness (QED) is 0.155. The van der Waals surface area contributed by atoms with Gasteiger partial charge in [-0.15, -0.1) is 4.80 Å². The predicted molar refractivity (Wildman–Crippen MR) is 182 cm³/mol. The van der Waals surface area contributed by atoms with E-state index in [1.54, 1.807) is 44.8 Å². The molecule has 0 radical (unpaired) electrons. The molecule has 7 rings (SSSR count). The number of methoxy groups -OCH3 is 1. The van der Waals surface area contributed by atoms with Gasteiger partial charge in [0.25, 0.3) is 5.56 Å². The maximum Gasteiger partial charge on any atom is 0.333 e. The third-order valence-electron chi connectivity index (χ3n) is 9.48. The number of carbonyl (C=O) groups is 1. The Morgan fingerprint density at radius 3 is 2.43 bits per heavy atom. The van der Waals surface area contributed by atoms with Crippen molar-refractivity contribution in [1.29, 1.82) is 0 Å². The highest BCUT2D eigenvalue weighted by atomic mass is 32.1. The van der Waals surface area contributed by atoms with E-state index in [1.165, 1.54) is 16.1 Å². The van der Waals surface area contributed by atoms with Crippen molar-refractivity contribution in [3.05, 3.63) is 68.6 Å². The van der Waals surface area contributed by atoms with Gasteiger partial charge in [-0.25, -0.2) is 14.2 Å². The van der Waals surface area contributed by atoms with Crippen molar-refractivity contribution in [2.75, 3.05) is 20.3 Å². The van der Waals surface area contributed by atoms with E-state index in [-0.39, 0.29) is 24.9 Å². The molecule has 13 nitrogen and oxygen atoms in total. The average molecular weight is 694 g/mol. The van der Waals surface area contributed by atoms with Crippen molar-refractivity contribution in [3.63, 3.8) is 0 Å². The van der Waals surface area contributed by atoms with Crippen molar-refractivity contribution >= 4 is 27.5 Å². The monoisotopic (exact) mass is 693 g/mol. The summed E-state index contributed by atoms with van der Waals surface area (Å²) in [4.78, 5) is 44.8. The highest BCUT2D eigenvalue weighted by molar-refractivity contribution is 7.21. The van der Waals surface area contributed by atoms with Crippen LogP contribution in [0.15, 0.2) is 46.2 Å². The Kier molecular flexibility index (Phi) is 9.01. The lowest BCUT2D eigenvalue weighted by Crippen LogP contribution is -2.50. The Morgan fingerprint density at radius 1 is 1.08 bits per heavy atom. The molecule has 1 saturated carbocycles. The van der Waals surface area contributed by atoms with Crippen LogP contribution in [0.1, 0.15) is 76.5 Å². The summed E-state index contributed by atoms with van der Waals surface area (Å²) in [5.41, 5.74) is -1.94. The normalized spacial score (nSPS) is 21.9. The van der Waals surface area contributed by atoms with Crippen LogP contribution in [-0.4, -0.2) is 74.3 Å². The summed E-state index contributed by atoms with van der Waals surface area (Å²) in [6, 6.07) is 7.64. The average Bonchev–Trinajstić information content (AvgIpc) is 3.33. The Morgan fingerprint density at radius 2 is 1.78 bits per heavy atom. The topological polar surface area (TPSA) is 138 Å². The van der Waals surface area contributed by atoms with Crippen molar-refractivity contribution < 1.29 is 28.5 Å². The van der Waals surface area contributed by atoms with Crippen LogP contribution in [0.4, 0.5) is 0 Å². The van der Waals surface area contributed by atoms with Gasteiger partial charge in [-0.2, -0.15) is 10.2 Å². The molecule has 14 heteroatoms. The van der Waals surface area contributed by atoms with E-state index >= 15 is 0 Å². The standard InChI is InChI=1S/C35H43N5O8S/c1-21-28-29(41)39(35(12-13-35)32(42)48-34(2,3)4)33(43)38(31(28)49-30(21)40-36-14-15-37-40)20-27(47-24-18-22-10-11-23(19-24)46-22)25-8-6-7-9-26(25)45-17-16-44-5/h6-9,14-15,22-24,27H,10-13,16-20H2,1-5H3/t22-,23-,27+/m1/s1. The first-order chi connectivity index (χ1) is 23.5. The van der Waals surface area contributed by atoms with Crippen LogP contribution in [-0.2, 0) is 35.8 Å². The van der Waals surface area contributed by atoms with E-state index in [1.807, 2.05) is 31.2 Å². The number of hydrogen-bond donors (Lipinski definition) is 0. The van der Waals surface area contributed by atoms with Gasteiger partial charge in [-0.05, 0) is 72.3 Å². The van der Waals surface area contributed by atoms with Crippen LogP contribution >= 0.6 is 11.3 Å². The van der Waals surface area contributed by atoms with Gasteiger partial charge in [0.2, 0.25) is 0 Å². The first-order valence-corrected chi connectivity index (χ1v) is 17.7. The molecule has 3 fully saturated rings. The molecule has 262 valence electrons. The molecule has 49 heavy (non-hydrogen) atoms. The van der Waals surface area contributed by atoms with E-state index in [9.17, 15) is 14.4 Å².